The van der Waals surface area contributed by atoms with Crippen molar-refractivity contribution in [1.82, 2.24) is 15.1 Å². The van der Waals surface area contributed by atoms with Crippen molar-refractivity contribution in [3.05, 3.63) is 45.6 Å². The molecule has 0 spiro atoms. The Morgan fingerprint density at radius 1 is 1.29 bits per heavy atom. The molecule has 0 aliphatic heterocycles. The number of hydrogen-bond donors (Lipinski definition) is 1. The Balaban J connectivity index is 2.17. The molecule has 0 amide bonds. The fraction of sp³-hybridized carbons (Fsp3) is 0.438. The van der Waals surface area contributed by atoms with Crippen LogP contribution in [0.15, 0.2) is 28.7 Å². The molecule has 2 aromatic rings. The first-order valence-corrected chi connectivity index (χ1v) is 7.72. The van der Waals surface area contributed by atoms with Gasteiger partial charge in [0, 0.05) is 23.6 Å². The van der Waals surface area contributed by atoms with Gasteiger partial charge in [0.2, 0.25) is 5.88 Å². The van der Waals surface area contributed by atoms with E-state index in [1.165, 1.54) is 5.56 Å². The summed E-state index contributed by atoms with van der Waals surface area (Å²) >= 11 is 3.47. The molecular weight excluding hydrogens is 330 g/mol. The van der Waals surface area contributed by atoms with Crippen LogP contribution in [0.1, 0.15) is 30.7 Å². The zero-order valence-corrected chi connectivity index (χ0v) is 14.8. The van der Waals surface area contributed by atoms with Gasteiger partial charge in [0.05, 0.1) is 18.4 Å². The molecule has 0 radical (unpaired) electrons. The van der Waals surface area contributed by atoms with E-state index in [-0.39, 0.29) is 5.54 Å². The van der Waals surface area contributed by atoms with Crippen molar-refractivity contribution in [2.45, 2.75) is 32.9 Å². The minimum absolute atomic E-state index is 0.131. The SMILES string of the molecule is COc1c(CNC(C)(C)c2ccc(Br)cc2)c(C)nn1C. The number of halogens is 1. The van der Waals surface area contributed by atoms with Crippen molar-refractivity contribution < 1.29 is 4.74 Å². The number of nitrogens with zero attached hydrogens (tertiary/aromatic N) is 2. The summed E-state index contributed by atoms with van der Waals surface area (Å²) in [6, 6.07) is 8.39. The largest absolute Gasteiger partial charge is 0.481 e. The third-order valence-electron chi connectivity index (χ3n) is 3.76. The first kappa shape index (κ1) is 16.0. The molecule has 1 aromatic heterocycles. The molecule has 0 atom stereocenters. The van der Waals surface area contributed by atoms with Crippen LogP contribution in [0.5, 0.6) is 5.88 Å². The van der Waals surface area contributed by atoms with Crippen LogP contribution < -0.4 is 10.1 Å². The van der Waals surface area contributed by atoms with Crippen molar-refractivity contribution in [2.75, 3.05) is 7.11 Å². The van der Waals surface area contributed by atoms with Crippen molar-refractivity contribution in [1.29, 1.82) is 0 Å². The maximum Gasteiger partial charge on any atom is 0.216 e. The highest BCUT2D eigenvalue weighted by molar-refractivity contribution is 9.10. The number of hydrogen-bond acceptors (Lipinski definition) is 3. The van der Waals surface area contributed by atoms with Crippen LogP contribution in [0.4, 0.5) is 0 Å². The quantitative estimate of drug-likeness (QED) is 0.895. The fourth-order valence-electron chi connectivity index (χ4n) is 2.42. The summed E-state index contributed by atoms with van der Waals surface area (Å²) in [6.45, 7) is 7.07. The third-order valence-corrected chi connectivity index (χ3v) is 4.28. The molecular formula is C16H22BrN3O. The van der Waals surface area contributed by atoms with Gasteiger partial charge in [-0.25, -0.2) is 4.68 Å². The van der Waals surface area contributed by atoms with E-state index in [1.54, 1.807) is 11.8 Å². The Hall–Kier alpha value is -1.33. The van der Waals surface area contributed by atoms with Crippen LogP contribution >= 0.6 is 15.9 Å². The number of methoxy groups -OCH3 is 1. The maximum atomic E-state index is 5.44. The van der Waals surface area contributed by atoms with Crippen LogP contribution in [0.2, 0.25) is 0 Å². The maximum absolute atomic E-state index is 5.44. The van der Waals surface area contributed by atoms with Gasteiger partial charge in [-0.1, -0.05) is 28.1 Å². The highest BCUT2D eigenvalue weighted by Gasteiger charge is 2.22. The standard InChI is InChI=1S/C16H22BrN3O/c1-11-14(15(21-5)20(4)19-11)10-18-16(2,3)12-6-8-13(17)9-7-12/h6-9,18H,10H2,1-5H3. The van der Waals surface area contributed by atoms with Gasteiger partial charge in [0.1, 0.15) is 0 Å². The summed E-state index contributed by atoms with van der Waals surface area (Å²) in [7, 11) is 3.58. The van der Waals surface area contributed by atoms with Crippen LogP contribution in [0.3, 0.4) is 0 Å². The molecule has 0 unspecified atom stereocenters. The second-order valence-corrected chi connectivity index (χ2v) is 6.60. The molecule has 1 heterocycles. The van der Waals surface area contributed by atoms with Gasteiger partial charge in [-0.05, 0) is 38.5 Å². The first-order chi connectivity index (χ1) is 9.85. The van der Waals surface area contributed by atoms with E-state index < -0.39 is 0 Å². The van der Waals surface area contributed by atoms with Crippen molar-refractivity contribution >= 4 is 15.9 Å². The zero-order valence-electron chi connectivity index (χ0n) is 13.2. The number of rotatable bonds is 5. The number of aromatic nitrogens is 2. The van der Waals surface area contributed by atoms with Crippen molar-refractivity contribution in [2.24, 2.45) is 7.05 Å². The Morgan fingerprint density at radius 2 is 1.90 bits per heavy atom. The van der Waals surface area contributed by atoms with Gasteiger partial charge < -0.3 is 10.1 Å². The number of aryl methyl sites for hydroxylation is 2. The van der Waals surface area contributed by atoms with E-state index in [2.05, 4.69) is 64.5 Å². The van der Waals surface area contributed by atoms with Crippen LogP contribution in [0.25, 0.3) is 0 Å². The van der Waals surface area contributed by atoms with E-state index in [4.69, 9.17) is 4.74 Å². The predicted molar refractivity (Wildman–Crippen MR) is 88.5 cm³/mol. The molecule has 5 heteroatoms. The van der Waals surface area contributed by atoms with Crippen LogP contribution in [-0.2, 0) is 19.1 Å². The molecule has 0 aliphatic carbocycles. The van der Waals surface area contributed by atoms with E-state index >= 15 is 0 Å². The zero-order chi connectivity index (χ0) is 15.6. The smallest absolute Gasteiger partial charge is 0.216 e. The van der Waals surface area contributed by atoms with Gasteiger partial charge >= 0.3 is 0 Å². The Morgan fingerprint density at radius 3 is 2.48 bits per heavy atom. The molecule has 0 bridgehead atoms. The molecule has 2 rings (SSSR count). The highest BCUT2D eigenvalue weighted by atomic mass is 79.9. The first-order valence-electron chi connectivity index (χ1n) is 6.92. The number of benzene rings is 1. The molecule has 0 fully saturated rings. The molecule has 0 saturated carbocycles. The normalized spacial score (nSPS) is 11.7. The summed E-state index contributed by atoms with van der Waals surface area (Å²) in [6.07, 6.45) is 0. The van der Waals surface area contributed by atoms with Crippen LogP contribution in [-0.4, -0.2) is 16.9 Å². The van der Waals surface area contributed by atoms with Crippen LogP contribution in [0, 0.1) is 6.92 Å². The molecule has 1 aromatic carbocycles. The predicted octanol–water partition coefficient (Wildman–Crippen LogP) is 3.52. The van der Waals surface area contributed by atoms with E-state index in [0.717, 1.165) is 21.6 Å². The van der Waals surface area contributed by atoms with Gasteiger partial charge in [-0.15, -0.1) is 0 Å². The Labute approximate surface area is 134 Å². The number of nitrogens with one attached hydrogen (secondary N) is 1. The average molecular weight is 352 g/mol. The minimum atomic E-state index is -0.131. The van der Waals surface area contributed by atoms with E-state index in [9.17, 15) is 0 Å². The molecule has 21 heavy (non-hydrogen) atoms. The topological polar surface area (TPSA) is 39.1 Å². The lowest BCUT2D eigenvalue weighted by atomic mass is 9.94. The highest BCUT2D eigenvalue weighted by Crippen LogP contribution is 2.25. The summed E-state index contributed by atoms with van der Waals surface area (Å²) in [4.78, 5) is 0. The average Bonchev–Trinajstić information content (AvgIpc) is 2.70. The Kier molecular flexibility index (Phi) is 4.74. The minimum Gasteiger partial charge on any atom is -0.481 e. The summed E-state index contributed by atoms with van der Waals surface area (Å²) in [5.74, 6) is 0.812. The molecule has 1 N–H and O–H groups in total. The molecule has 114 valence electrons. The van der Waals surface area contributed by atoms with Gasteiger partial charge in [0.15, 0.2) is 0 Å². The number of ether oxygens (including phenoxy) is 1. The monoisotopic (exact) mass is 351 g/mol. The third kappa shape index (κ3) is 3.47. The van der Waals surface area contributed by atoms with Gasteiger partial charge in [0.25, 0.3) is 0 Å². The van der Waals surface area contributed by atoms with Crippen molar-refractivity contribution in [3.63, 3.8) is 0 Å². The van der Waals surface area contributed by atoms with E-state index in [0.29, 0.717) is 6.54 Å². The lowest BCUT2D eigenvalue weighted by molar-refractivity contribution is 0.358. The fourth-order valence-corrected chi connectivity index (χ4v) is 2.68. The molecule has 0 saturated heterocycles. The summed E-state index contributed by atoms with van der Waals surface area (Å²) < 4.78 is 8.30. The van der Waals surface area contributed by atoms with Gasteiger partial charge in [-0.2, -0.15) is 5.10 Å². The second-order valence-electron chi connectivity index (χ2n) is 5.68. The van der Waals surface area contributed by atoms with Gasteiger partial charge in [-0.3, -0.25) is 0 Å². The summed E-state index contributed by atoms with van der Waals surface area (Å²) in [5.41, 5.74) is 3.21. The molecule has 0 aliphatic rings. The lowest BCUT2D eigenvalue weighted by Gasteiger charge is -2.27. The van der Waals surface area contributed by atoms with Crippen molar-refractivity contribution in [3.8, 4) is 5.88 Å². The molecule has 4 nitrogen and oxygen atoms in total. The lowest BCUT2D eigenvalue weighted by Crippen LogP contribution is -2.36. The Bertz CT molecular complexity index is 617. The summed E-state index contributed by atoms with van der Waals surface area (Å²) in [5, 5.41) is 8.00. The second kappa shape index (κ2) is 6.20. The van der Waals surface area contributed by atoms with E-state index in [1.807, 2.05) is 14.0 Å².